The number of fused-ring (bicyclic) bond motifs is 1. The fourth-order valence-corrected chi connectivity index (χ4v) is 4.73. The minimum atomic E-state index is -1.34. The molecule has 0 aliphatic rings. The van der Waals surface area contributed by atoms with Gasteiger partial charge in [0.1, 0.15) is 41.2 Å². The third kappa shape index (κ3) is 6.36. The molecule has 1 atom stereocenters. The maximum atomic E-state index is 15.4. The molecule has 5 aromatic rings. The molecular formula is C31H23ClF5N3O4. The second-order valence-corrected chi connectivity index (χ2v) is 10.3. The largest absolute Gasteiger partial charge is 0.478 e. The van der Waals surface area contributed by atoms with Gasteiger partial charge < -0.3 is 19.1 Å². The number of carboxylic acid groups (broad SMARTS) is 1. The topological polar surface area (TPSA) is 86.5 Å². The normalized spacial score (nSPS) is 12.1. The number of benzene rings is 3. The number of ether oxygens (including phenoxy) is 2. The molecule has 3 aromatic carbocycles. The van der Waals surface area contributed by atoms with Gasteiger partial charge in [-0.2, -0.15) is 0 Å². The first kappa shape index (κ1) is 30.9. The molecule has 0 fully saturated rings. The fourth-order valence-electron chi connectivity index (χ4n) is 4.58. The standard InChI is InChI=1S/C31H23ClF5N3O4/c1-15(43-2)13-40-27-9-17(31(41)42)7-25(37)30(27)39-28(40)10-16-6-23(35)19(11-21(16)33)26-4-3-5-29(38-26)44-14-18-8-24(36)20(32)12-22(18)34/h3-9,11-12,15H,10,13-14H2,1-2H3,(H,41,42). The number of carbonyl (C=O) groups is 1. The molecule has 0 radical (unpaired) electrons. The van der Waals surface area contributed by atoms with Gasteiger partial charge in [0.2, 0.25) is 5.88 Å². The van der Waals surface area contributed by atoms with E-state index < -0.39 is 47.8 Å². The maximum absolute atomic E-state index is 15.4. The minimum absolute atomic E-state index is 0.0117. The number of pyridine rings is 1. The van der Waals surface area contributed by atoms with Gasteiger partial charge in [-0.05, 0) is 55.0 Å². The molecule has 0 saturated carbocycles. The molecule has 0 bridgehead atoms. The summed E-state index contributed by atoms with van der Waals surface area (Å²) in [4.78, 5) is 20.0. The summed E-state index contributed by atoms with van der Waals surface area (Å²) in [7, 11) is 1.46. The van der Waals surface area contributed by atoms with Crippen molar-refractivity contribution in [3.8, 4) is 17.1 Å². The summed E-state index contributed by atoms with van der Waals surface area (Å²) in [5.74, 6) is -5.35. The van der Waals surface area contributed by atoms with Crippen LogP contribution in [0.25, 0.3) is 22.3 Å². The second-order valence-electron chi connectivity index (χ2n) is 9.92. The van der Waals surface area contributed by atoms with Crippen molar-refractivity contribution in [3.63, 3.8) is 0 Å². The molecule has 0 saturated heterocycles. The molecule has 5 rings (SSSR count). The monoisotopic (exact) mass is 631 g/mol. The van der Waals surface area contributed by atoms with E-state index in [2.05, 4.69) is 9.97 Å². The van der Waals surface area contributed by atoms with Crippen molar-refractivity contribution < 1.29 is 41.3 Å². The summed E-state index contributed by atoms with van der Waals surface area (Å²) in [5, 5.41) is 9.01. The van der Waals surface area contributed by atoms with E-state index in [0.717, 1.165) is 30.3 Å². The number of nitrogens with zero attached hydrogens (tertiary/aromatic N) is 3. The van der Waals surface area contributed by atoms with Gasteiger partial charge in [-0.1, -0.05) is 17.7 Å². The lowest BCUT2D eigenvalue weighted by Crippen LogP contribution is -2.17. The van der Waals surface area contributed by atoms with E-state index in [4.69, 9.17) is 21.1 Å². The van der Waals surface area contributed by atoms with Crippen LogP contribution in [0.15, 0.2) is 54.6 Å². The molecule has 0 aliphatic carbocycles. The number of methoxy groups -OCH3 is 1. The highest BCUT2D eigenvalue weighted by atomic mass is 35.5. The molecule has 0 spiro atoms. The van der Waals surface area contributed by atoms with Crippen LogP contribution >= 0.6 is 11.6 Å². The predicted molar refractivity (Wildman–Crippen MR) is 151 cm³/mol. The van der Waals surface area contributed by atoms with Crippen LogP contribution in [-0.4, -0.2) is 38.8 Å². The zero-order chi connectivity index (χ0) is 31.7. The molecule has 2 aromatic heterocycles. The number of rotatable bonds is 10. The third-order valence-corrected chi connectivity index (χ3v) is 7.21. The van der Waals surface area contributed by atoms with Crippen LogP contribution in [-0.2, 0) is 24.3 Å². The molecule has 0 aliphatic heterocycles. The Morgan fingerprint density at radius 2 is 1.66 bits per heavy atom. The van der Waals surface area contributed by atoms with Crippen LogP contribution in [0.2, 0.25) is 5.02 Å². The van der Waals surface area contributed by atoms with Crippen LogP contribution in [0.1, 0.15) is 34.2 Å². The summed E-state index contributed by atoms with van der Waals surface area (Å²) in [6, 6.07) is 10.0. The second kappa shape index (κ2) is 12.6. The van der Waals surface area contributed by atoms with Crippen molar-refractivity contribution in [2.75, 3.05) is 7.11 Å². The third-order valence-electron chi connectivity index (χ3n) is 6.92. The van der Waals surface area contributed by atoms with E-state index in [1.165, 1.54) is 35.9 Å². The van der Waals surface area contributed by atoms with Gasteiger partial charge in [0.05, 0.1) is 34.4 Å². The summed E-state index contributed by atoms with van der Waals surface area (Å²) in [6.45, 7) is 1.47. The zero-order valence-corrected chi connectivity index (χ0v) is 23.9. The van der Waals surface area contributed by atoms with E-state index >= 15 is 8.78 Å². The highest BCUT2D eigenvalue weighted by Crippen LogP contribution is 2.29. The number of halogens is 6. The Balaban J connectivity index is 1.45. The van der Waals surface area contributed by atoms with Gasteiger partial charge in [0, 0.05) is 30.7 Å². The van der Waals surface area contributed by atoms with Gasteiger partial charge >= 0.3 is 5.97 Å². The van der Waals surface area contributed by atoms with E-state index in [0.29, 0.717) is 0 Å². The molecule has 7 nitrogen and oxygen atoms in total. The van der Waals surface area contributed by atoms with Gasteiger partial charge in [-0.25, -0.2) is 36.7 Å². The van der Waals surface area contributed by atoms with E-state index in [-0.39, 0.29) is 68.7 Å². The zero-order valence-electron chi connectivity index (χ0n) is 23.2. The van der Waals surface area contributed by atoms with Crippen LogP contribution in [0, 0.1) is 29.1 Å². The lowest BCUT2D eigenvalue weighted by Gasteiger charge is -2.15. The Bertz CT molecular complexity index is 1900. The number of imidazole rings is 1. The molecule has 44 heavy (non-hydrogen) atoms. The quantitative estimate of drug-likeness (QED) is 0.128. The molecule has 228 valence electrons. The lowest BCUT2D eigenvalue weighted by atomic mass is 10.0. The molecule has 13 heteroatoms. The van der Waals surface area contributed by atoms with Gasteiger partial charge in [0.15, 0.2) is 5.82 Å². The van der Waals surface area contributed by atoms with Crippen LogP contribution in [0.4, 0.5) is 22.0 Å². The van der Waals surface area contributed by atoms with Crippen molar-refractivity contribution in [1.82, 2.24) is 14.5 Å². The highest BCUT2D eigenvalue weighted by Gasteiger charge is 2.22. The molecule has 1 N–H and O–H groups in total. The van der Waals surface area contributed by atoms with E-state index in [9.17, 15) is 23.1 Å². The Labute approximate surface area is 252 Å². The maximum Gasteiger partial charge on any atom is 0.335 e. The van der Waals surface area contributed by atoms with Crippen molar-refractivity contribution >= 4 is 28.6 Å². The number of hydrogen-bond acceptors (Lipinski definition) is 5. The Hall–Kier alpha value is -4.55. The Kier molecular flexibility index (Phi) is 8.84. The molecule has 1 unspecified atom stereocenters. The summed E-state index contributed by atoms with van der Waals surface area (Å²) in [5.41, 5.74) is -0.644. The van der Waals surface area contributed by atoms with Crippen LogP contribution < -0.4 is 4.74 Å². The van der Waals surface area contributed by atoms with E-state index in [1.807, 2.05) is 0 Å². The average molecular weight is 632 g/mol. The first-order valence-electron chi connectivity index (χ1n) is 13.1. The lowest BCUT2D eigenvalue weighted by molar-refractivity contribution is 0.0696. The predicted octanol–water partition coefficient (Wildman–Crippen LogP) is 7.35. The first-order valence-corrected chi connectivity index (χ1v) is 13.5. The molecular weight excluding hydrogens is 609 g/mol. The first-order chi connectivity index (χ1) is 20.9. The molecule has 0 amide bonds. The smallest absolute Gasteiger partial charge is 0.335 e. The summed E-state index contributed by atoms with van der Waals surface area (Å²) in [6.07, 6.45) is -0.655. The average Bonchev–Trinajstić information content (AvgIpc) is 3.33. The van der Waals surface area contributed by atoms with Crippen molar-refractivity contribution in [2.24, 2.45) is 0 Å². The summed E-state index contributed by atoms with van der Waals surface area (Å²) >= 11 is 5.57. The van der Waals surface area contributed by atoms with Gasteiger partial charge in [-0.3, -0.25) is 0 Å². The van der Waals surface area contributed by atoms with Crippen LogP contribution in [0.5, 0.6) is 5.88 Å². The fraction of sp³-hybridized carbons (Fsp3) is 0.194. The van der Waals surface area contributed by atoms with Crippen LogP contribution in [0.3, 0.4) is 0 Å². The number of carboxylic acids is 1. The number of aromatic carboxylic acids is 1. The number of aromatic nitrogens is 3. The SMILES string of the molecule is COC(C)Cn1c(Cc2cc(F)c(-c3cccc(OCc4cc(F)c(Cl)cc4F)n3)cc2F)nc2c(F)cc(C(=O)O)cc21. The van der Waals surface area contributed by atoms with E-state index in [1.54, 1.807) is 6.92 Å². The Morgan fingerprint density at radius 3 is 2.39 bits per heavy atom. The highest BCUT2D eigenvalue weighted by molar-refractivity contribution is 6.30. The minimum Gasteiger partial charge on any atom is -0.478 e. The van der Waals surface area contributed by atoms with Crippen molar-refractivity contribution in [1.29, 1.82) is 0 Å². The van der Waals surface area contributed by atoms with Gasteiger partial charge in [-0.15, -0.1) is 0 Å². The molecule has 2 heterocycles. The number of hydrogen-bond donors (Lipinski definition) is 1. The van der Waals surface area contributed by atoms with Crippen molar-refractivity contribution in [2.45, 2.75) is 32.6 Å². The van der Waals surface area contributed by atoms with Gasteiger partial charge in [0.25, 0.3) is 0 Å². The summed E-state index contributed by atoms with van der Waals surface area (Å²) < 4.78 is 85.8. The van der Waals surface area contributed by atoms with Crippen molar-refractivity contribution in [3.05, 3.63) is 111 Å². The Morgan fingerprint density at radius 1 is 0.932 bits per heavy atom.